The van der Waals surface area contributed by atoms with E-state index in [2.05, 4.69) is 5.16 Å². The lowest BCUT2D eigenvalue weighted by Crippen LogP contribution is -2.56. The SMILES string of the molecule is CC[C@H]1OC(=O)C(C)C(=O)C[C@@H](C)[C@](C)(OC)C[C@@H](C)/C(=N\O)C(C)C(O)[C@]1(C)O. The average molecular weight is 430 g/mol. The Kier molecular flexibility index (Phi) is 9.02. The first-order chi connectivity index (χ1) is 13.8. The molecule has 3 unspecified atom stereocenters. The Bertz CT molecular complexity index is 647. The third-order valence-corrected chi connectivity index (χ3v) is 7.00. The van der Waals surface area contributed by atoms with Gasteiger partial charge in [-0.15, -0.1) is 0 Å². The highest BCUT2D eigenvalue weighted by Crippen LogP contribution is 2.36. The minimum absolute atomic E-state index is 0.115. The van der Waals surface area contributed by atoms with E-state index in [0.717, 1.165) is 0 Å². The van der Waals surface area contributed by atoms with Gasteiger partial charge in [-0.1, -0.05) is 32.9 Å². The predicted molar refractivity (Wildman–Crippen MR) is 112 cm³/mol. The number of aliphatic hydroxyl groups is 2. The quantitative estimate of drug-likeness (QED) is 0.266. The summed E-state index contributed by atoms with van der Waals surface area (Å²) in [5, 5.41) is 35.1. The number of esters is 1. The van der Waals surface area contributed by atoms with E-state index in [1.165, 1.54) is 13.8 Å². The van der Waals surface area contributed by atoms with Crippen molar-refractivity contribution >= 4 is 17.5 Å². The van der Waals surface area contributed by atoms with Crippen LogP contribution in [0.1, 0.15) is 67.7 Å². The molecular formula is C22H39NO7. The molecule has 8 heteroatoms. The second-order valence-electron chi connectivity index (χ2n) is 9.23. The standard InChI is InChI=1S/C22H39NO7/c1-9-17-22(7,27)19(25)15(5)18(23-28)12(2)11-21(6,29-8)13(3)10-16(24)14(4)20(26)30-17/h12-15,17,19,25,27-28H,9-11H2,1-8H3/b23-18+/t12-,13-,14?,15?,17-,19?,21-,22-/m1/s1. The molecule has 174 valence electrons. The molecule has 1 aliphatic rings. The Hall–Kier alpha value is -1.51. The first kappa shape index (κ1) is 26.5. The molecule has 1 fully saturated rings. The highest BCUT2D eigenvalue weighted by molar-refractivity contribution is 5.98. The molecule has 1 saturated heterocycles. The third kappa shape index (κ3) is 5.39. The number of rotatable bonds is 2. The van der Waals surface area contributed by atoms with Crippen molar-refractivity contribution in [2.75, 3.05) is 7.11 Å². The van der Waals surface area contributed by atoms with Gasteiger partial charge in [0.2, 0.25) is 0 Å². The number of nitrogens with zero attached hydrogens (tertiary/aromatic N) is 1. The second kappa shape index (κ2) is 10.2. The molecule has 8 nitrogen and oxygen atoms in total. The fourth-order valence-electron chi connectivity index (χ4n) is 4.38. The lowest BCUT2D eigenvalue weighted by molar-refractivity contribution is -0.186. The van der Waals surface area contributed by atoms with Gasteiger partial charge >= 0.3 is 5.97 Å². The van der Waals surface area contributed by atoms with Crippen molar-refractivity contribution < 1.29 is 34.5 Å². The van der Waals surface area contributed by atoms with Crippen molar-refractivity contribution in [3.63, 3.8) is 0 Å². The van der Waals surface area contributed by atoms with E-state index in [4.69, 9.17) is 9.47 Å². The Labute approximate surface area is 179 Å². The summed E-state index contributed by atoms with van der Waals surface area (Å²) in [6.07, 6.45) is -1.62. The molecule has 0 aromatic rings. The zero-order valence-corrected chi connectivity index (χ0v) is 19.5. The fourth-order valence-corrected chi connectivity index (χ4v) is 4.38. The van der Waals surface area contributed by atoms with Crippen LogP contribution in [0.3, 0.4) is 0 Å². The highest BCUT2D eigenvalue weighted by atomic mass is 16.6. The van der Waals surface area contributed by atoms with Crippen molar-refractivity contribution in [3.05, 3.63) is 0 Å². The number of hydrogen-bond acceptors (Lipinski definition) is 8. The maximum atomic E-state index is 12.8. The molecule has 0 saturated carbocycles. The molecule has 0 bridgehead atoms. The van der Waals surface area contributed by atoms with E-state index in [1.807, 2.05) is 20.8 Å². The van der Waals surface area contributed by atoms with E-state index in [0.29, 0.717) is 12.1 Å². The highest BCUT2D eigenvalue weighted by Gasteiger charge is 2.47. The van der Waals surface area contributed by atoms with Gasteiger partial charge in [0.1, 0.15) is 23.4 Å². The van der Waals surface area contributed by atoms with Crippen LogP contribution in [0.15, 0.2) is 5.16 Å². The minimum atomic E-state index is -1.82. The van der Waals surface area contributed by atoms with Gasteiger partial charge in [0, 0.05) is 25.4 Å². The molecule has 1 aliphatic heterocycles. The summed E-state index contributed by atoms with van der Waals surface area (Å²) in [6, 6.07) is 0. The summed E-state index contributed by atoms with van der Waals surface area (Å²) in [5.74, 6) is -3.25. The van der Waals surface area contributed by atoms with E-state index < -0.39 is 41.2 Å². The molecule has 0 amide bonds. The lowest BCUT2D eigenvalue weighted by atomic mass is 9.74. The Morgan fingerprint density at radius 2 is 1.77 bits per heavy atom. The number of ether oxygens (including phenoxy) is 2. The van der Waals surface area contributed by atoms with Crippen molar-refractivity contribution in [1.29, 1.82) is 0 Å². The number of cyclic esters (lactones) is 1. The third-order valence-electron chi connectivity index (χ3n) is 7.00. The summed E-state index contributed by atoms with van der Waals surface area (Å²) >= 11 is 0. The number of carbonyl (C=O) groups excluding carboxylic acids is 2. The molecule has 0 aromatic carbocycles. The molecule has 0 aromatic heterocycles. The smallest absolute Gasteiger partial charge is 0.316 e. The van der Waals surface area contributed by atoms with Gasteiger partial charge in [-0.05, 0) is 39.5 Å². The van der Waals surface area contributed by atoms with Crippen LogP contribution in [0.4, 0.5) is 0 Å². The van der Waals surface area contributed by atoms with Gasteiger partial charge in [-0.2, -0.15) is 0 Å². The number of carbonyl (C=O) groups is 2. The second-order valence-corrected chi connectivity index (χ2v) is 9.23. The Balaban J connectivity index is 3.48. The number of ketones is 1. The topological polar surface area (TPSA) is 126 Å². The van der Waals surface area contributed by atoms with Crippen LogP contribution in [0.5, 0.6) is 0 Å². The summed E-state index contributed by atoms with van der Waals surface area (Å²) in [4.78, 5) is 25.4. The molecule has 1 rings (SSSR count). The van der Waals surface area contributed by atoms with Crippen molar-refractivity contribution in [2.45, 2.75) is 91.1 Å². The van der Waals surface area contributed by atoms with Gasteiger partial charge < -0.3 is 24.9 Å². The van der Waals surface area contributed by atoms with Crippen molar-refractivity contribution in [2.24, 2.45) is 28.8 Å². The van der Waals surface area contributed by atoms with E-state index in [9.17, 15) is 25.0 Å². The van der Waals surface area contributed by atoms with Crippen LogP contribution < -0.4 is 0 Å². The maximum Gasteiger partial charge on any atom is 0.316 e. The Morgan fingerprint density at radius 1 is 1.20 bits per heavy atom. The summed E-state index contributed by atoms with van der Waals surface area (Å²) in [7, 11) is 1.55. The molecular weight excluding hydrogens is 390 g/mol. The number of aliphatic hydroxyl groups excluding tert-OH is 1. The van der Waals surface area contributed by atoms with Crippen molar-refractivity contribution in [3.8, 4) is 0 Å². The predicted octanol–water partition coefficient (Wildman–Crippen LogP) is 2.56. The van der Waals surface area contributed by atoms with E-state index in [1.54, 1.807) is 21.0 Å². The largest absolute Gasteiger partial charge is 0.459 e. The van der Waals surface area contributed by atoms with Gasteiger partial charge in [-0.25, -0.2) is 0 Å². The minimum Gasteiger partial charge on any atom is -0.459 e. The summed E-state index contributed by atoms with van der Waals surface area (Å²) in [5.41, 5.74) is -2.25. The summed E-state index contributed by atoms with van der Waals surface area (Å²) < 4.78 is 11.2. The average Bonchev–Trinajstić information content (AvgIpc) is 2.69. The first-order valence-electron chi connectivity index (χ1n) is 10.7. The zero-order chi connectivity index (χ0) is 23.4. The molecule has 8 atom stereocenters. The maximum absolute atomic E-state index is 12.8. The number of hydrogen-bond donors (Lipinski definition) is 3. The summed E-state index contributed by atoms with van der Waals surface area (Å²) in [6.45, 7) is 11.9. The Morgan fingerprint density at radius 3 is 2.23 bits per heavy atom. The monoisotopic (exact) mass is 429 g/mol. The van der Waals surface area contributed by atoms with Crippen LogP contribution in [0.25, 0.3) is 0 Å². The molecule has 3 N–H and O–H groups in total. The molecule has 30 heavy (non-hydrogen) atoms. The molecule has 0 radical (unpaired) electrons. The van der Waals surface area contributed by atoms with Crippen LogP contribution >= 0.6 is 0 Å². The van der Waals surface area contributed by atoms with Crippen LogP contribution in [-0.4, -0.2) is 63.4 Å². The lowest BCUT2D eigenvalue weighted by Gasteiger charge is -2.41. The van der Waals surface area contributed by atoms with Crippen LogP contribution in [0, 0.1) is 23.7 Å². The first-order valence-corrected chi connectivity index (χ1v) is 10.7. The van der Waals surface area contributed by atoms with E-state index >= 15 is 0 Å². The van der Waals surface area contributed by atoms with Crippen LogP contribution in [0.2, 0.25) is 0 Å². The van der Waals surface area contributed by atoms with Crippen LogP contribution in [-0.2, 0) is 19.1 Å². The van der Waals surface area contributed by atoms with Gasteiger partial charge in [0.05, 0.1) is 17.4 Å². The van der Waals surface area contributed by atoms with Gasteiger partial charge in [0.25, 0.3) is 0 Å². The van der Waals surface area contributed by atoms with Gasteiger partial charge in [-0.3, -0.25) is 9.59 Å². The normalized spacial score (nSPS) is 43.9. The van der Waals surface area contributed by atoms with E-state index in [-0.39, 0.29) is 30.5 Å². The number of oxime groups is 1. The molecule has 1 heterocycles. The number of methoxy groups -OCH3 is 1. The zero-order valence-electron chi connectivity index (χ0n) is 19.5. The molecule has 0 aliphatic carbocycles. The van der Waals surface area contributed by atoms with Crippen molar-refractivity contribution in [1.82, 2.24) is 0 Å². The fraction of sp³-hybridized carbons (Fsp3) is 0.864. The molecule has 0 spiro atoms. The van der Waals surface area contributed by atoms with Gasteiger partial charge in [0.15, 0.2) is 0 Å². The number of Topliss-reactive ketones (excluding diaryl/α,β-unsaturated/α-hetero) is 1.